The largest absolute Gasteiger partial charge is 0.277 e. The summed E-state index contributed by atoms with van der Waals surface area (Å²) >= 11 is 0. The van der Waals surface area contributed by atoms with Gasteiger partial charge in [0.15, 0.2) is 0 Å². The SMILES string of the molecule is CON1C=C(C)C([N+](=O)[O-])=C(C)C1. The van der Waals surface area contributed by atoms with Gasteiger partial charge in [0.1, 0.15) is 0 Å². The third kappa shape index (κ3) is 1.86. The maximum atomic E-state index is 10.6. The number of rotatable bonds is 2. The second-order valence-corrected chi connectivity index (χ2v) is 2.96. The van der Waals surface area contributed by atoms with Crippen molar-refractivity contribution < 1.29 is 9.76 Å². The summed E-state index contributed by atoms with van der Waals surface area (Å²) in [4.78, 5) is 15.2. The highest BCUT2D eigenvalue weighted by molar-refractivity contribution is 5.30. The van der Waals surface area contributed by atoms with Crippen molar-refractivity contribution in [1.82, 2.24) is 5.06 Å². The number of allylic oxidation sites excluding steroid dienone is 1. The van der Waals surface area contributed by atoms with E-state index in [4.69, 9.17) is 4.84 Å². The van der Waals surface area contributed by atoms with Gasteiger partial charge in [0.25, 0.3) is 5.70 Å². The van der Waals surface area contributed by atoms with Crippen LogP contribution in [0.4, 0.5) is 0 Å². The van der Waals surface area contributed by atoms with Crippen molar-refractivity contribution in [2.45, 2.75) is 13.8 Å². The molecule has 0 spiro atoms. The van der Waals surface area contributed by atoms with Crippen LogP contribution in [0.5, 0.6) is 0 Å². The maximum absolute atomic E-state index is 10.6. The second kappa shape index (κ2) is 3.57. The summed E-state index contributed by atoms with van der Waals surface area (Å²) in [7, 11) is 1.54. The highest BCUT2D eigenvalue weighted by atomic mass is 16.7. The van der Waals surface area contributed by atoms with Gasteiger partial charge >= 0.3 is 0 Å². The Morgan fingerprint density at radius 3 is 2.62 bits per heavy atom. The van der Waals surface area contributed by atoms with Gasteiger partial charge in [0.05, 0.1) is 18.6 Å². The summed E-state index contributed by atoms with van der Waals surface area (Å²) in [6.45, 7) is 3.89. The molecule has 1 rings (SSSR count). The monoisotopic (exact) mass is 184 g/mol. The lowest BCUT2D eigenvalue weighted by atomic mass is 10.1. The van der Waals surface area contributed by atoms with Crippen LogP contribution in [0.15, 0.2) is 23.0 Å². The van der Waals surface area contributed by atoms with Gasteiger partial charge in [0, 0.05) is 17.3 Å². The molecule has 5 heteroatoms. The van der Waals surface area contributed by atoms with Gasteiger partial charge in [-0.25, -0.2) is 0 Å². The summed E-state index contributed by atoms with van der Waals surface area (Å²) in [5.41, 5.74) is 1.54. The van der Waals surface area contributed by atoms with Gasteiger partial charge in [-0.05, 0) is 13.8 Å². The molecule has 0 atom stereocenters. The Hall–Kier alpha value is -1.36. The molecule has 0 aromatic carbocycles. The van der Waals surface area contributed by atoms with Crippen molar-refractivity contribution in [1.29, 1.82) is 0 Å². The second-order valence-electron chi connectivity index (χ2n) is 2.96. The molecule has 5 nitrogen and oxygen atoms in total. The molecule has 72 valence electrons. The highest BCUT2D eigenvalue weighted by Crippen LogP contribution is 2.21. The van der Waals surface area contributed by atoms with Crippen molar-refractivity contribution >= 4 is 0 Å². The van der Waals surface area contributed by atoms with Crippen LogP contribution >= 0.6 is 0 Å². The smallest absolute Gasteiger partial charge is 0.274 e. The number of nitro groups is 1. The van der Waals surface area contributed by atoms with Gasteiger partial charge in [-0.15, -0.1) is 0 Å². The first-order valence-corrected chi connectivity index (χ1v) is 3.90. The summed E-state index contributed by atoms with van der Waals surface area (Å²) in [6.07, 6.45) is 1.63. The first kappa shape index (κ1) is 9.73. The van der Waals surface area contributed by atoms with Crippen LogP contribution in [0, 0.1) is 10.1 Å². The molecule has 0 aromatic rings. The normalized spacial score (nSPS) is 17.5. The number of hydrogen-bond acceptors (Lipinski definition) is 4. The third-order valence-electron chi connectivity index (χ3n) is 1.93. The van der Waals surface area contributed by atoms with E-state index in [1.54, 1.807) is 25.1 Å². The minimum Gasteiger partial charge on any atom is -0.277 e. The average Bonchev–Trinajstić information content (AvgIpc) is 2.02. The number of hydroxylamine groups is 2. The molecule has 1 aliphatic rings. The molecule has 1 heterocycles. The fraction of sp³-hybridized carbons (Fsp3) is 0.500. The Morgan fingerprint density at radius 2 is 2.23 bits per heavy atom. The van der Waals surface area contributed by atoms with E-state index in [9.17, 15) is 10.1 Å². The van der Waals surface area contributed by atoms with Crippen LogP contribution in [0.25, 0.3) is 0 Å². The average molecular weight is 184 g/mol. The third-order valence-corrected chi connectivity index (χ3v) is 1.93. The fourth-order valence-corrected chi connectivity index (χ4v) is 1.39. The van der Waals surface area contributed by atoms with Crippen molar-refractivity contribution in [2.24, 2.45) is 0 Å². The van der Waals surface area contributed by atoms with Crippen LogP contribution in [0.2, 0.25) is 0 Å². The van der Waals surface area contributed by atoms with Gasteiger partial charge in [-0.3, -0.25) is 20.0 Å². The van der Waals surface area contributed by atoms with E-state index in [0.717, 1.165) is 0 Å². The molecular weight excluding hydrogens is 172 g/mol. The Labute approximate surface area is 76.4 Å². The van der Waals surface area contributed by atoms with E-state index < -0.39 is 0 Å². The predicted molar refractivity (Wildman–Crippen MR) is 47.2 cm³/mol. The summed E-state index contributed by atoms with van der Waals surface area (Å²) in [5.74, 6) is 0. The van der Waals surface area contributed by atoms with Gasteiger partial charge in [-0.2, -0.15) is 0 Å². The molecule has 0 saturated heterocycles. The minimum atomic E-state index is -0.353. The van der Waals surface area contributed by atoms with Crippen LogP contribution in [0.1, 0.15) is 13.8 Å². The van der Waals surface area contributed by atoms with Gasteiger partial charge < -0.3 is 0 Å². The molecule has 0 aliphatic carbocycles. The summed E-state index contributed by atoms with van der Waals surface area (Å²) in [5, 5.41) is 12.2. The fourth-order valence-electron chi connectivity index (χ4n) is 1.39. The summed E-state index contributed by atoms with van der Waals surface area (Å²) < 4.78 is 0. The molecular formula is C8H12N2O3. The molecule has 0 fully saturated rings. The van der Waals surface area contributed by atoms with E-state index >= 15 is 0 Å². The zero-order chi connectivity index (χ0) is 10.0. The topological polar surface area (TPSA) is 55.6 Å². The molecule has 0 amide bonds. The van der Waals surface area contributed by atoms with Crippen LogP contribution in [-0.4, -0.2) is 23.6 Å². The lowest BCUT2D eigenvalue weighted by Gasteiger charge is -2.22. The van der Waals surface area contributed by atoms with E-state index in [2.05, 4.69) is 0 Å². The molecule has 13 heavy (non-hydrogen) atoms. The van der Waals surface area contributed by atoms with E-state index in [1.165, 1.54) is 7.11 Å². The Bertz CT molecular complexity index is 294. The van der Waals surface area contributed by atoms with E-state index in [0.29, 0.717) is 17.7 Å². The van der Waals surface area contributed by atoms with Crippen molar-refractivity contribution in [3.05, 3.63) is 33.2 Å². The van der Waals surface area contributed by atoms with Crippen LogP contribution in [0.3, 0.4) is 0 Å². The molecule has 0 radical (unpaired) electrons. The first-order chi connectivity index (χ1) is 6.06. The van der Waals surface area contributed by atoms with Crippen LogP contribution < -0.4 is 0 Å². The maximum Gasteiger partial charge on any atom is 0.274 e. The van der Waals surface area contributed by atoms with E-state index in [1.807, 2.05) is 0 Å². The van der Waals surface area contributed by atoms with Gasteiger partial charge in [0.2, 0.25) is 0 Å². The molecule has 0 unspecified atom stereocenters. The van der Waals surface area contributed by atoms with Crippen molar-refractivity contribution in [3.8, 4) is 0 Å². The minimum absolute atomic E-state index is 0.202. The lowest BCUT2D eigenvalue weighted by Crippen LogP contribution is -2.25. The zero-order valence-electron chi connectivity index (χ0n) is 7.90. The Kier molecular flexibility index (Phi) is 2.67. The lowest BCUT2D eigenvalue weighted by molar-refractivity contribution is -0.423. The number of nitrogens with zero attached hydrogens (tertiary/aromatic N) is 2. The highest BCUT2D eigenvalue weighted by Gasteiger charge is 2.23. The Morgan fingerprint density at radius 1 is 1.62 bits per heavy atom. The zero-order valence-corrected chi connectivity index (χ0v) is 7.90. The molecule has 0 aromatic heterocycles. The Balaban J connectivity index is 2.98. The molecule has 1 aliphatic heterocycles. The summed E-state index contributed by atoms with van der Waals surface area (Å²) in [6, 6.07) is 0. The predicted octanol–water partition coefficient (Wildman–Crippen LogP) is 1.32. The number of hydrogen-bond donors (Lipinski definition) is 0. The molecule has 0 N–H and O–H groups in total. The molecule has 0 saturated carbocycles. The van der Waals surface area contributed by atoms with Crippen LogP contribution in [-0.2, 0) is 4.84 Å². The van der Waals surface area contributed by atoms with Gasteiger partial charge in [-0.1, -0.05) is 0 Å². The van der Waals surface area contributed by atoms with Crippen molar-refractivity contribution in [3.63, 3.8) is 0 Å². The quantitative estimate of drug-likeness (QED) is 0.479. The molecule has 0 bridgehead atoms. The van der Waals surface area contributed by atoms with E-state index in [-0.39, 0.29) is 10.6 Å². The van der Waals surface area contributed by atoms with Crippen molar-refractivity contribution in [2.75, 3.05) is 13.7 Å². The standard InChI is InChI=1S/C8H12N2O3/c1-6-4-9(13-3)5-7(2)8(6)10(11)12/h4H,5H2,1-3H3. The first-order valence-electron chi connectivity index (χ1n) is 3.90.